The predicted molar refractivity (Wildman–Crippen MR) is 77.6 cm³/mol. The summed E-state index contributed by atoms with van der Waals surface area (Å²) in [6, 6.07) is 2.85. The highest BCUT2D eigenvalue weighted by Gasteiger charge is 2.37. The van der Waals surface area contributed by atoms with Gasteiger partial charge >= 0.3 is 5.97 Å². The van der Waals surface area contributed by atoms with E-state index in [2.05, 4.69) is 15.9 Å². The standard InChI is InChI=1S/C12H14BrFN2O3S/c1-12(14)2-3-16(6-12)20(19)9-5-7(13)4-8(10(9)15)11(17)18/h4-5H,2-3,6,15H2,1H3,(H,17,18). The highest BCUT2D eigenvalue weighted by Crippen LogP contribution is 2.32. The maximum Gasteiger partial charge on any atom is 0.337 e. The van der Waals surface area contributed by atoms with Gasteiger partial charge < -0.3 is 10.8 Å². The molecule has 0 aromatic heterocycles. The first-order valence-corrected chi connectivity index (χ1v) is 7.79. The molecular weight excluding hydrogens is 351 g/mol. The van der Waals surface area contributed by atoms with E-state index in [0.717, 1.165) is 0 Å². The number of nitrogen functional groups attached to an aromatic ring is 1. The average Bonchev–Trinajstić information content (AvgIpc) is 2.71. The van der Waals surface area contributed by atoms with Crippen LogP contribution in [-0.2, 0) is 11.0 Å². The van der Waals surface area contributed by atoms with Gasteiger partial charge in [-0.25, -0.2) is 17.7 Å². The molecule has 1 heterocycles. The van der Waals surface area contributed by atoms with Crippen LogP contribution >= 0.6 is 15.9 Å². The lowest BCUT2D eigenvalue weighted by atomic mass is 10.1. The molecule has 0 bridgehead atoms. The van der Waals surface area contributed by atoms with Crippen molar-refractivity contribution >= 4 is 38.6 Å². The molecule has 1 aliphatic rings. The minimum atomic E-state index is -1.68. The van der Waals surface area contributed by atoms with Gasteiger partial charge in [0.05, 0.1) is 16.1 Å². The monoisotopic (exact) mass is 364 g/mol. The summed E-state index contributed by atoms with van der Waals surface area (Å²) in [5, 5.41) is 9.07. The minimum absolute atomic E-state index is 0.0357. The van der Waals surface area contributed by atoms with Gasteiger partial charge in [-0.15, -0.1) is 0 Å². The van der Waals surface area contributed by atoms with E-state index in [9.17, 15) is 13.4 Å². The molecule has 2 rings (SSSR count). The van der Waals surface area contributed by atoms with Crippen LogP contribution in [0.15, 0.2) is 21.5 Å². The molecule has 1 aromatic carbocycles. The Balaban J connectivity index is 2.38. The molecule has 0 amide bonds. The molecule has 2 unspecified atom stereocenters. The largest absolute Gasteiger partial charge is 0.478 e. The first-order valence-electron chi connectivity index (χ1n) is 5.89. The Bertz CT molecular complexity index is 594. The van der Waals surface area contributed by atoms with E-state index in [1.54, 1.807) is 0 Å². The second-order valence-electron chi connectivity index (χ2n) is 4.95. The number of anilines is 1. The number of aromatic carboxylic acids is 1. The van der Waals surface area contributed by atoms with E-state index in [1.807, 2.05) is 0 Å². The number of rotatable bonds is 3. The Morgan fingerprint density at radius 3 is 2.75 bits per heavy atom. The van der Waals surface area contributed by atoms with E-state index in [4.69, 9.17) is 10.8 Å². The lowest BCUT2D eigenvalue weighted by Gasteiger charge is -2.18. The van der Waals surface area contributed by atoms with Crippen LogP contribution < -0.4 is 5.73 Å². The Kier molecular flexibility index (Phi) is 4.17. The van der Waals surface area contributed by atoms with Gasteiger partial charge in [0.2, 0.25) is 0 Å². The molecule has 1 fully saturated rings. The van der Waals surface area contributed by atoms with E-state index in [0.29, 0.717) is 17.4 Å². The van der Waals surface area contributed by atoms with E-state index in [-0.39, 0.29) is 22.7 Å². The molecule has 1 aliphatic heterocycles. The molecule has 0 radical (unpaired) electrons. The van der Waals surface area contributed by atoms with E-state index < -0.39 is 22.6 Å². The molecular formula is C12H14BrFN2O3S. The van der Waals surface area contributed by atoms with Gasteiger partial charge in [0.15, 0.2) is 0 Å². The van der Waals surface area contributed by atoms with Gasteiger partial charge in [0, 0.05) is 17.6 Å². The molecule has 1 saturated heterocycles. The van der Waals surface area contributed by atoms with Crippen LogP contribution in [0.5, 0.6) is 0 Å². The first-order chi connectivity index (χ1) is 9.21. The summed E-state index contributed by atoms with van der Waals surface area (Å²) in [5.41, 5.74) is 4.22. The zero-order valence-electron chi connectivity index (χ0n) is 10.7. The van der Waals surface area contributed by atoms with Gasteiger partial charge in [-0.2, -0.15) is 0 Å². The van der Waals surface area contributed by atoms with Crippen LogP contribution in [0.4, 0.5) is 10.1 Å². The summed E-state index contributed by atoms with van der Waals surface area (Å²) >= 11 is 3.17. The Morgan fingerprint density at radius 1 is 1.60 bits per heavy atom. The van der Waals surface area contributed by atoms with Gasteiger partial charge in [-0.3, -0.25) is 0 Å². The second kappa shape index (κ2) is 5.42. The van der Waals surface area contributed by atoms with Crippen molar-refractivity contribution in [2.24, 2.45) is 0 Å². The lowest BCUT2D eigenvalue weighted by Crippen LogP contribution is -2.28. The fourth-order valence-electron chi connectivity index (χ4n) is 2.08. The minimum Gasteiger partial charge on any atom is -0.478 e. The molecule has 0 spiro atoms. The average molecular weight is 365 g/mol. The summed E-state index contributed by atoms with van der Waals surface area (Å²) in [4.78, 5) is 11.3. The topological polar surface area (TPSA) is 83.6 Å². The van der Waals surface area contributed by atoms with Crippen molar-refractivity contribution in [3.63, 3.8) is 0 Å². The van der Waals surface area contributed by atoms with Crippen LogP contribution in [0, 0.1) is 0 Å². The van der Waals surface area contributed by atoms with Crippen LogP contribution in [-0.4, -0.2) is 38.3 Å². The molecule has 5 nitrogen and oxygen atoms in total. The molecule has 0 aliphatic carbocycles. The normalized spacial score (nSPS) is 24.8. The molecule has 110 valence electrons. The molecule has 2 atom stereocenters. The van der Waals surface area contributed by atoms with Gasteiger partial charge in [0.1, 0.15) is 16.7 Å². The van der Waals surface area contributed by atoms with E-state index >= 15 is 0 Å². The maximum atomic E-state index is 13.8. The number of alkyl halides is 1. The van der Waals surface area contributed by atoms with Crippen LogP contribution in [0.2, 0.25) is 0 Å². The predicted octanol–water partition coefficient (Wildman–Crippen LogP) is 2.19. The highest BCUT2D eigenvalue weighted by molar-refractivity contribution is 9.10. The summed E-state index contributed by atoms with van der Waals surface area (Å²) in [6.07, 6.45) is 0.290. The number of carboxylic acids is 1. The summed E-state index contributed by atoms with van der Waals surface area (Å²) in [5.74, 6) is -1.20. The quantitative estimate of drug-likeness (QED) is 0.805. The van der Waals surface area contributed by atoms with Crippen molar-refractivity contribution in [3.8, 4) is 0 Å². The van der Waals surface area contributed by atoms with Crippen LogP contribution in [0.25, 0.3) is 0 Å². The number of nitrogens with two attached hydrogens (primary N) is 1. The third kappa shape index (κ3) is 3.02. The fourth-order valence-corrected chi connectivity index (χ4v) is 4.14. The van der Waals surface area contributed by atoms with E-state index in [1.165, 1.54) is 23.4 Å². The zero-order valence-corrected chi connectivity index (χ0v) is 13.1. The van der Waals surface area contributed by atoms with Crippen molar-refractivity contribution in [2.45, 2.75) is 23.9 Å². The third-order valence-corrected chi connectivity index (χ3v) is 5.10. The SMILES string of the molecule is CC1(F)CCN(S(=O)c2cc(Br)cc(C(=O)O)c2N)C1. The van der Waals surface area contributed by atoms with Gasteiger partial charge in [-0.1, -0.05) is 15.9 Å². The number of hydrogen-bond acceptors (Lipinski definition) is 3. The number of hydrogen-bond donors (Lipinski definition) is 2. The second-order valence-corrected chi connectivity index (χ2v) is 7.32. The first kappa shape index (κ1) is 15.4. The smallest absolute Gasteiger partial charge is 0.337 e. The van der Waals surface area contributed by atoms with Crippen molar-refractivity contribution in [1.82, 2.24) is 4.31 Å². The Labute approximate surface area is 126 Å². The number of carboxylic acid groups (broad SMARTS) is 1. The summed E-state index contributed by atoms with van der Waals surface area (Å²) in [6.45, 7) is 1.83. The van der Waals surface area contributed by atoms with Crippen LogP contribution in [0.1, 0.15) is 23.7 Å². The summed E-state index contributed by atoms with van der Waals surface area (Å²) < 4.78 is 28.2. The number of carbonyl (C=O) groups is 1. The Hall–Kier alpha value is -0.990. The molecule has 1 aromatic rings. The molecule has 20 heavy (non-hydrogen) atoms. The van der Waals surface area contributed by atoms with Gasteiger partial charge in [0.25, 0.3) is 0 Å². The van der Waals surface area contributed by atoms with Crippen molar-refractivity contribution in [2.75, 3.05) is 18.8 Å². The zero-order chi connectivity index (χ0) is 15.1. The van der Waals surface area contributed by atoms with Crippen molar-refractivity contribution in [3.05, 3.63) is 22.2 Å². The number of halogens is 2. The molecule has 8 heteroatoms. The third-order valence-electron chi connectivity index (χ3n) is 3.15. The fraction of sp³-hybridized carbons (Fsp3) is 0.417. The van der Waals surface area contributed by atoms with Crippen molar-refractivity contribution in [1.29, 1.82) is 0 Å². The molecule has 3 N–H and O–H groups in total. The maximum absolute atomic E-state index is 13.8. The highest BCUT2D eigenvalue weighted by atomic mass is 79.9. The van der Waals surface area contributed by atoms with Crippen LogP contribution in [0.3, 0.4) is 0 Å². The van der Waals surface area contributed by atoms with Crippen molar-refractivity contribution < 1.29 is 18.5 Å². The number of nitrogens with zero attached hydrogens (tertiary/aromatic N) is 1. The molecule has 0 saturated carbocycles. The number of benzene rings is 1. The Morgan fingerprint density at radius 2 is 2.25 bits per heavy atom. The van der Waals surface area contributed by atoms with Gasteiger partial charge in [-0.05, 0) is 25.5 Å². The summed E-state index contributed by atoms with van der Waals surface area (Å²) in [7, 11) is -1.68. The lowest BCUT2D eigenvalue weighted by molar-refractivity contribution is 0.0697.